The second-order valence-corrected chi connectivity index (χ2v) is 4.52. The molecule has 1 unspecified atom stereocenters. The van der Waals surface area contributed by atoms with Crippen LogP contribution in [0.2, 0.25) is 0 Å². The Bertz CT molecular complexity index is 139. The van der Waals surface area contributed by atoms with Gasteiger partial charge in [0.2, 0.25) is 0 Å². The number of ether oxygens (including phenoxy) is 1. The van der Waals surface area contributed by atoms with Crippen LogP contribution in [-0.4, -0.2) is 26.3 Å². The summed E-state index contributed by atoms with van der Waals surface area (Å²) < 4.78 is 5.32. The van der Waals surface area contributed by atoms with Crippen molar-refractivity contribution in [3.63, 3.8) is 0 Å². The fraction of sp³-hybridized carbons (Fsp3) is 1.00. The third kappa shape index (κ3) is 3.65. The Balaban J connectivity index is 1.39. The van der Waals surface area contributed by atoms with Crippen molar-refractivity contribution in [2.45, 2.75) is 32.1 Å². The monoisotopic (exact) mass is 183 g/mol. The smallest absolute Gasteiger partial charge is 0.0507 e. The quantitative estimate of drug-likeness (QED) is 0.634. The Morgan fingerprint density at radius 3 is 2.77 bits per heavy atom. The van der Waals surface area contributed by atoms with Crippen LogP contribution in [-0.2, 0) is 4.74 Å². The molecular weight excluding hydrogens is 162 g/mol. The van der Waals surface area contributed by atoms with Crippen LogP contribution < -0.4 is 5.32 Å². The van der Waals surface area contributed by atoms with Crippen LogP contribution in [0.25, 0.3) is 0 Å². The predicted molar refractivity (Wildman–Crippen MR) is 53.8 cm³/mol. The molecule has 1 aliphatic heterocycles. The van der Waals surface area contributed by atoms with Crippen molar-refractivity contribution in [3.8, 4) is 0 Å². The highest BCUT2D eigenvalue weighted by atomic mass is 16.5. The van der Waals surface area contributed by atoms with Crippen molar-refractivity contribution in [2.75, 3.05) is 26.3 Å². The summed E-state index contributed by atoms with van der Waals surface area (Å²) in [6, 6.07) is 0. The van der Waals surface area contributed by atoms with Crippen LogP contribution in [0.15, 0.2) is 0 Å². The largest absolute Gasteiger partial charge is 0.381 e. The van der Waals surface area contributed by atoms with Gasteiger partial charge in [-0.05, 0) is 37.6 Å². The molecule has 2 aliphatic rings. The molecule has 0 aromatic heterocycles. The molecule has 1 saturated carbocycles. The van der Waals surface area contributed by atoms with E-state index in [1.54, 1.807) is 0 Å². The maximum Gasteiger partial charge on any atom is 0.0507 e. The predicted octanol–water partition coefficient (Wildman–Crippen LogP) is 1.80. The van der Waals surface area contributed by atoms with Gasteiger partial charge in [0.05, 0.1) is 6.61 Å². The first-order valence-corrected chi connectivity index (χ1v) is 5.73. The van der Waals surface area contributed by atoms with E-state index in [0.717, 1.165) is 25.0 Å². The molecule has 0 amide bonds. The molecule has 1 aliphatic carbocycles. The first-order chi connectivity index (χ1) is 6.45. The van der Waals surface area contributed by atoms with Crippen LogP contribution in [0.4, 0.5) is 0 Å². The summed E-state index contributed by atoms with van der Waals surface area (Å²) in [5.74, 6) is 1.89. The zero-order chi connectivity index (χ0) is 8.93. The van der Waals surface area contributed by atoms with Crippen molar-refractivity contribution in [1.29, 1.82) is 0 Å². The Hall–Kier alpha value is -0.0800. The maximum absolute atomic E-state index is 5.32. The van der Waals surface area contributed by atoms with Crippen LogP contribution in [0.3, 0.4) is 0 Å². The fourth-order valence-electron chi connectivity index (χ4n) is 1.97. The van der Waals surface area contributed by atoms with Crippen LogP contribution in [0.1, 0.15) is 32.1 Å². The lowest BCUT2D eigenvalue weighted by molar-refractivity contribution is 0.185. The average molecular weight is 183 g/mol. The van der Waals surface area contributed by atoms with Gasteiger partial charge in [-0.3, -0.25) is 0 Å². The Morgan fingerprint density at radius 1 is 1.15 bits per heavy atom. The van der Waals surface area contributed by atoms with Crippen molar-refractivity contribution in [1.82, 2.24) is 5.32 Å². The number of rotatable bonds is 6. The highest BCUT2D eigenvalue weighted by Crippen LogP contribution is 2.33. The van der Waals surface area contributed by atoms with Gasteiger partial charge >= 0.3 is 0 Å². The molecule has 0 bridgehead atoms. The zero-order valence-corrected chi connectivity index (χ0v) is 8.43. The summed E-state index contributed by atoms with van der Waals surface area (Å²) in [5.41, 5.74) is 0. The first kappa shape index (κ1) is 9.47. The van der Waals surface area contributed by atoms with E-state index in [4.69, 9.17) is 4.74 Å². The molecule has 1 N–H and O–H groups in total. The van der Waals surface area contributed by atoms with Crippen molar-refractivity contribution < 1.29 is 4.74 Å². The van der Waals surface area contributed by atoms with Gasteiger partial charge in [0.25, 0.3) is 0 Å². The van der Waals surface area contributed by atoms with Crippen LogP contribution in [0, 0.1) is 11.8 Å². The molecular formula is C11H21NO. The van der Waals surface area contributed by atoms with Crippen molar-refractivity contribution >= 4 is 0 Å². The molecule has 2 heteroatoms. The molecule has 2 nitrogen and oxygen atoms in total. The highest BCUT2D eigenvalue weighted by molar-refractivity contribution is 4.73. The second-order valence-electron chi connectivity index (χ2n) is 4.52. The standard InChI is InChI=1S/C11H21NO/c1(2-10-3-4-10)6-12-8-11-5-7-13-9-11/h10-12H,1-9H2. The Morgan fingerprint density at radius 2 is 2.08 bits per heavy atom. The molecule has 13 heavy (non-hydrogen) atoms. The molecule has 1 saturated heterocycles. The van der Waals surface area contributed by atoms with E-state index in [0.29, 0.717) is 0 Å². The lowest BCUT2D eigenvalue weighted by Gasteiger charge is -2.08. The molecule has 0 aromatic carbocycles. The SMILES string of the molecule is C(CNCC1CCOC1)CC1CC1. The summed E-state index contributed by atoms with van der Waals surface area (Å²) in [7, 11) is 0. The molecule has 1 heterocycles. The molecule has 0 spiro atoms. The lowest BCUT2D eigenvalue weighted by atomic mass is 10.1. The molecule has 0 aromatic rings. The van der Waals surface area contributed by atoms with E-state index in [9.17, 15) is 0 Å². The summed E-state index contributed by atoms with van der Waals surface area (Å²) in [5, 5.41) is 3.53. The zero-order valence-electron chi connectivity index (χ0n) is 8.43. The molecule has 0 radical (unpaired) electrons. The normalized spacial score (nSPS) is 28.2. The van der Waals surface area contributed by atoms with E-state index in [1.807, 2.05) is 0 Å². The second kappa shape index (κ2) is 4.97. The van der Waals surface area contributed by atoms with Crippen LogP contribution >= 0.6 is 0 Å². The molecule has 76 valence electrons. The first-order valence-electron chi connectivity index (χ1n) is 5.73. The van der Waals surface area contributed by atoms with Gasteiger partial charge in [0, 0.05) is 13.2 Å². The number of hydrogen-bond donors (Lipinski definition) is 1. The third-order valence-electron chi connectivity index (χ3n) is 3.12. The minimum atomic E-state index is 0.793. The van der Waals surface area contributed by atoms with Gasteiger partial charge in [0.15, 0.2) is 0 Å². The number of hydrogen-bond acceptors (Lipinski definition) is 2. The molecule has 2 rings (SSSR count). The summed E-state index contributed by atoms with van der Waals surface area (Å²) in [6.07, 6.45) is 7.08. The van der Waals surface area contributed by atoms with E-state index < -0.39 is 0 Å². The topological polar surface area (TPSA) is 21.3 Å². The van der Waals surface area contributed by atoms with Gasteiger partial charge < -0.3 is 10.1 Å². The van der Waals surface area contributed by atoms with E-state index in [1.165, 1.54) is 45.2 Å². The minimum Gasteiger partial charge on any atom is -0.381 e. The maximum atomic E-state index is 5.32. The lowest BCUT2D eigenvalue weighted by Crippen LogP contribution is -2.24. The minimum absolute atomic E-state index is 0.793. The Labute approximate surface area is 81.0 Å². The summed E-state index contributed by atoms with van der Waals surface area (Å²) >= 11 is 0. The van der Waals surface area contributed by atoms with Gasteiger partial charge in [-0.25, -0.2) is 0 Å². The molecule has 2 fully saturated rings. The van der Waals surface area contributed by atoms with Crippen LogP contribution in [0.5, 0.6) is 0 Å². The average Bonchev–Trinajstić information content (AvgIpc) is 2.81. The van der Waals surface area contributed by atoms with Crippen molar-refractivity contribution in [3.05, 3.63) is 0 Å². The van der Waals surface area contributed by atoms with E-state index in [-0.39, 0.29) is 0 Å². The number of nitrogens with one attached hydrogen (secondary N) is 1. The van der Waals surface area contributed by atoms with Gasteiger partial charge in [-0.2, -0.15) is 0 Å². The molecule has 1 atom stereocenters. The summed E-state index contributed by atoms with van der Waals surface area (Å²) in [6.45, 7) is 4.35. The van der Waals surface area contributed by atoms with Crippen molar-refractivity contribution in [2.24, 2.45) is 11.8 Å². The van der Waals surface area contributed by atoms with E-state index in [2.05, 4.69) is 5.32 Å². The van der Waals surface area contributed by atoms with E-state index >= 15 is 0 Å². The highest BCUT2D eigenvalue weighted by Gasteiger charge is 2.20. The fourth-order valence-corrected chi connectivity index (χ4v) is 1.97. The Kier molecular flexibility index (Phi) is 3.62. The van der Waals surface area contributed by atoms with Gasteiger partial charge in [-0.15, -0.1) is 0 Å². The van der Waals surface area contributed by atoms with Gasteiger partial charge in [-0.1, -0.05) is 12.8 Å². The third-order valence-corrected chi connectivity index (χ3v) is 3.12. The summed E-state index contributed by atoms with van der Waals surface area (Å²) in [4.78, 5) is 0. The van der Waals surface area contributed by atoms with Gasteiger partial charge in [0.1, 0.15) is 0 Å².